The SMILES string of the molecule is COc1c(N/C(=C/C(N)=NC(=O)C2CC2)C(C)=N)cccc1C1=CC=C(C(=O)N(C)CC(/C=N/C(F)F)=C(\C)N)NC1. The molecule has 1 aliphatic carbocycles. The first kappa shape index (κ1) is 31.7. The van der Waals surface area contributed by atoms with Crippen LogP contribution in [-0.4, -0.2) is 68.3 Å². The van der Waals surface area contributed by atoms with Crippen molar-refractivity contribution in [3.05, 3.63) is 64.7 Å². The minimum Gasteiger partial charge on any atom is -0.494 e. The van der Waals surface area contributed by atoms with Gasteiger partial charge in [-0.15, -0.1) is 0 Å². The third-order valence-corrected chi connectivity index (χ3v) is 6.45. The van der Waals surface area contributed by atoms with Gasteiger partial charge in [-0.3, -0.25) is 9.59 Å². The van der Waals surface area contributed by atoms with Crippen LogP contribution in [0.3, 0.4) is 0 Å². The fraction of sp³-hybridized carbons (Fsp3) is 0.345. The van der Waals surface area contributed by atoms with E-state index in [2.05, 4.69) is 20.6 Å². The number of methoxy groups -OCH3 is 1. The van der Waals surface area contributed by atoms with Gasteiger partial charge in [0.25, 0.3) is 11.8 Å². The van der Waals surface area contributed by atoms with Crippen LogP contribution in [0.25, 0.3) is 5.57 Å². The number of allylic oxidation sites excluding steroid dienone is 4. The van der Waals surface area contributed by atoms with Crippen molar-refractivity contribution in [3.8, 4) is 5.75 Å². The molecule has 3 rings (SSSR count). The summed E-state index contributed by atoms with van der Waals surface area (Å²) in [6.45, 7) is 0.559. The normalized spacial score (nSPS) is 16.4. The number of amides is 2. The number of nitrogens with zero attached hydrogens (tertiary/aromatic N) is 3. The van der Waals surface area contributed by atoms with Crippen LogP contribution in [0.4, 0.5) is 14.5 Å². The van der Waals surface area contributed by atoms with Crippen LogP contribution in [0.5, 0.6) is 5.75 Å². The Morgan fingerprint density at radius 3 is 2.52 bits per heavy atom. The molecule has 0 saturated heterocycles. The summed E-state index contributed by atoms with van der Waals surface area (Å²) in [6, 6.07) is 5.45. The van der Waals surface area contributed by atoms with Crippen molar-refractivity contribution >= 4 is 40.8 Å². The zero-order valence-electron chi connectivity index (χ0n) is 24.0. The molecule has 1 heterocycles. The fourth-order valence-electron chi connectivity index (χ4n) is 3.99. The minimum atomic E-state index is -2.87. The highest BCUT2D eigenvalue weighted by molar-refractivity contribution is 6.08. The summed E-state index contributed by atoms with van der Waals surface area (Å²) >= 11 is 0. The highest BCUT2D eigenvalue weighted by atomic mass is 19.3. The summed E-state index contributed by atoms with van der Waals surface area (Å²) < 4.78 is 30.7. The quantitative estimate of drug-likeness (QED) is 0.143. The van der Waals surface area contributed by atoms with Crippen molar-refractivity contribution < 1.29 is 23.1 Å². The van der Waals surface area contributed by atoms with Gasteiger partial charge in [0, 0.05) is 55.2 Å². The lowest BCUT2D eigenvalue weighted by Gasteiger charge is -2.24. The predicted octanol–water partition coefficient (Wildman–Crippen LogP) is 3.18. The number of aliphatic imine (C=N–C) groups is 2. The molecule has 0 spiro atoms. The molecular formula is C29H36F2N8O3. The van der Waals surface area contributed by atoms with E-state index in [1.807, 2.05) is 12.1 Å². The van der Waals surface area contributed by atoms with Gasteiger partial charge < -0.3 is 37.1 Å². The Kier molecular flexibility index (Phi) is 10.7. The zero-order chi connectivity index (χ0) is 31.0. The van der Waals surface area contributed by atoms with Crippen molar-refractivity contribution in [2.24, 2.45) is 27.4 Å². The van der Waals surface area contributed by atoms with E-state index in [0.29, 0.717) is 34.9 Å². The Balaban J connectivity index is 1.81. The van der Waals surface area contributed by atoms with Gasteiger partial charge >= 0.3 is 6.55 Å². The number of ether oxygens (including phenoxy) is 1. The standard InChI is InChI=1S/C29H36F2N8O3/c1-16(32)20(14-36-29(30)31)15-39(3)28(41)23-11-10-19(13-35-23)21-6-5-7-22(26(21)42-4)37-24(17(2)33)12-25(34)38-27(40)18-8-9-18/h5-7,10-12,14,18,29,33,35,37H,8-9,13,15,32H2,1-4H3,(H2,34,38,40)/b20-16+,24-12+,33-17?,36-14+. The van der Waals surface area contributed by atoms with Crippen molar-refractivity contribution in [2.75, 3.05) is 32.6 Å². The Morgan fingerprint density at radius 1 is 1.26 bits per heavy atom. The van der Waals surface area contributed by atoms with Crippen LogP contribution in [0.1, 0.15) is 32.3 Å². The highest BCUT2D eigenvalue weighted by Crippen LogP contribution is 2.35. The number of rotatable bonds is 12. The van der Waals surface area contributed by atoms with Crippen LogP contribution < -0.4 is 26.8 Å². The number of carbonyl (C=O) groups is 2. The second-order valence-corrected chi connectivity index (χ2v) is 9.89. The molecule has 0 aromatic heterocycles. The van der Waals surface area contributed by atoms with Gasteiger partial charge in [-0.25, -0.2) is 4.99 Å². The van der Waals surface area contributed by atoms with E-state index < -0.39 is 6.55 Å². The number of benzene rings is 1. The molecule has 0 atom stereocenters. The van der Waals surface area contributed by atoms with Gasteiger partial charge in [-0.2, -0.15) is 13.8 Å². The number of halogens is 2. The lowest BCUT2D eigenvalue weighted by Crippen LogP contribution is -2.37. The molecule has 13 heteroatoms. The van der Waals surface area contributed by atoms with E-state index in [1.54, 1.807) is 32.1 Å². The molecular weight excluding hydrogens is 546 g/mol. The maximum absolute atomic E-state index is 13.0. The first-order chi connectivity index (χ1) is 19.9. The number of para-hydroxylation sites is 1. The highest BCUT2D eigenvalue weighted by Gasteiger charge is 2.29. The van der Waals surface area contributed by atoms with Gasteiger partial charge in [0.05, 0.1) is 24.2 Å². The molecule has 1 saturated carbocycles. The van der Waals surface area contributed by atoms with Crippen molar-refractivity contribution in [1.29, 1.82) is 5.41 Å². The van der Waals surface area contributed by atoms with Crippen LogP contribution in [0.15, 0.2) is 69.1 Å². The summed E-state index contributed by atoms with van der Waals surface area (Å²) in [4.78, 5) is 33.3. The van der Waals surface area contributed by atoms with Gasteiger partial charge in [-0.1, -0.05) is 18.2 Å². The average molecular weight is 583 g/mol. The van der Waals surface area contributed by atoms with Crippen LogP contribution in [0, 0.1) is 11.3 Å². The maximum atomic E-state index is 13.0. The summed E-state index contributed by atoms with van der Waals surface area (Å²) in [5.41, 5.74) is 15.3. The third kappa shape index (κ3) is 8.59. The molecule has 2 aliphatic rings. The Morgan fingerprint density at radius 2 is 1.98 bits per heavy atom. The van der Waals surface area contributed by atoms with E-state index in [4.69, 9.17) is 21.6 Å². The monoisotopic (exact) mass is 582 g/mol. The van der Waals surface area contributed by atoms with E-state index in [1.165, 1.54) is 25.1 Å². The number of hydrogen-bond donors (Lipinski definition) is 5. The fourth-order valence-corrected chi connectivity index (χ4v) is 3.99. The molecule has 42 heavy (non-hydrogen) atoms. The molecule has 0 unspecified atom stereocenters. The number of nitrogens with two attached hydrogens (primary N) is 2. The molecule has 1 aromatic rings. The summed E-state index contributed by atoms with van der Waals surface area (Å²) in [7, 11) is 3.06. The zero-order valence-corrected chi connectivity index (χ0v) is 24.0. The van der Waals surface area contributed by atoms with E-state index >= 15 is 0 Å². The number of likely N-dealkylation sites (N-methyl/N-ethyl adjacent to an activating group) is 1. The van der Waals surface area contributed by atoms with E-state index in [9.17, 15) is 18.4 Å². The summed E-state index contributed by atoms with van der Waals surface area (Å²) in [6.07, 6.45) is 7.47. The summed E-state index contributed by atoms with van der Waals surface area (Å²) in [5, 5.41) is 14.4. The minimum absolute atomic E-state index is 0.000760. The van der Waals surface area contributed by atoms with Crippen molar-refractivity contribution in [2.45, 2.75) is 33.2 Å². The maximum Gasteiger partial charge on any atom is 0.331 e. The third-order valence-electron chi connectivity index (χ3n) is 6.45. The molecule has 11 nitrogen and oxygen atoms in total. The largest absolute Gasteiger partial charge is 0.494 e. The van der Waals surface area contributed by atoms with E-state index in [0.717, 1.165) is 30.2 Å². The lowest BCUT2D eigenvalue weighted by molar-refractivity contribution is -0.125. The predicted molar refractivity (Wildman–Crippen MR) is 161 cm³/mol. The Labute approximate surface area is 243 Å². The second-order valence-electron chi connectivity index (χ2n) is 9.89. The first-order valence-electron chi connectivity index (χ1n) is 13.2. The van der Waals surface area contributed by atoms with Crippen molar-refractivity contribution in [1.82, 2.24) is 10.2 Å². The first-order valence-corrected chi connectivity index (χ1v) is 13.2. The van der Waals surface area contributed by atoms with Gasteiger partial charge in [0.15, 0.2) is 0 Å². The molecule has 1 aliphatic heterocycles. The Bertz CT molecular complexity index is 1420. The number of carbonyl (C=O) groups excluding carboxylic acids is 2. The van der Waals surface area contributed by atoms with Gasteiger partial charge in [-0.05, 0) is 44.4 Å². The number of alkyl halides is 2. The van der Waals surface area contributed by atoms with Gasteiger partial charge in [0.1, 0.15) is 17.3 Å². The lowest BCUT2D eigenvalue weighted by atomic mass is 10.0. The number of dihydropyridines is 1. The molecule has 1 aromatic carbocycles. The topological polar surface area (TPSA) is 171 Å². The molecule has 7 N–H and O–H groups in total. The van der Waals surface area contributed by atoms with Crippen molar-refractivity contribution in [3.63, 3.8) is 0 Å². The molecule has 2 amide bonds. The van der Waals surface area contributed by atoms with Crippen LogP contribution >= 0.6 is 0 Å². The number of amidine groups is 1. The van der Waals surface area contributed by atoms with E-state index in [-0.39, 0.29) is 41.5 Å². The molecule has 0 bridgehead atoms. The van der Waals surface area contributed by atoms with Gasteiger partial charge in [0.2, 0.25) is 0 Å². The Hall–Kier alpha value is -4.81. The smallest absolute Gasteiger partial charge is 0.331 e. The number of anilines is 1. The molecule has 1 fully saturated rings. The average Bonchev–Trinajstić information content (AvgIpc) is 3.80. The van der Waals surface area contributed by atoms with Crippen LogP contribution in [-0.2, 0) is 9.59 Å². The number of hydrogen-bond acceptors (Lipinski definition) is 8. The van der Waals surface area contributed by atoms with Crippen LogP contribution in [0.2, 0.25) is 0 Å². The summed E-state index contributed by atoms with van der Waals surface area (Å²) in [5.74, 6) is -0.174. The second kappa shape index (κ2) is 14.2. The molecule has 224 valence electrons. The molecule has 0 radical (unpaired) electrons. The number of nitrogens with one attached hydrogen (secondary N) is 3.